The van der Waals surface area contributed by atoms with Crippen molar-refractivity contribution in [2.75, 3.05) is 6.54 Å². The first-order valence-corrected chi connectivity index (χ1v) is 6.88. The third-order valence-electron chi connectivity index (χ3n) is 2.62. The molecule has 20 heavy (non-hydrogen) atoms. The summed E-state index contributed by atoms with van der Waals surface area (Å²) in [6.45, 7) is 0.859. The van der Waals surface area contributed by atoms with Gasteiger partial charge in [0, 0.05) is 28.7 Å². The van der Waals surface area contributed by atoms with Crippen LogP contribution < -0.4 is 5.32 Å². The van der Waals surface area contributed by atoms with Crippen LogP contribution in [0.25, 0.3) is 10.4 Å². The van der Waals surface area contributed by atoms with Crippen molar-refractivity contribution in [1.29, 1.82) is 0 Å². The molecule has 0 radical (unpaired) electrons. The molecule has 0 aliphatic carbocycles. The summed E-state index contributed by atoms with van der Waals surface area (Å²) < 4.78 is 0. The number of nitrogens with zero attached hydrogens (tertiary/aromatic N) is 4. The maximum Gasteiger partial charge on any atom is 0.261 e. The van der Waals surface area contributed by atoms with Crippen LogP contribution in [0.4, 0.5) is 0 Å². The molecule has 2 heterocycles. The summed E-state index contributed by atoms with van der Waals surface area (Å²) in [6.07, 6.45) is 4.24. The third kappa shape index (κ3) is 4.08. The van der Waals surface area contributed by atoms with Gasteiger partial charge in [0.25, 0.3) is 5.91 Å². The third-order valence-corrected chi connectivity index (χ3v) is 3.69. The number of pyridine rings is 1. The van der Waals surface area contributed by atoms with Crippen molar-refractivity contribution in [3.63, 3.8) is 0 Å². The number of nitrogens with one attached hydrogen (secondary N) is 1. The van der Waals surface area contributed by atoms with E-state index in [1.165, 1.54) is 11.3 Å². The van der Waals surface area contributed by atoms with Crippen molar-refractivity contribution < 1.29 is 4.79 Å². The zero-order valence-corrected chi connectivity index (χ0v) is 11.5. The van der Waals surface area contributed by atoms with Gasteiger partial charge in [0.1, 0.15) is 0 Å². The molecule has 0 aliphatic rings. The number of aromatic nitrogens is 1. The van der Waals surface area contributed by atoms with Crippen LogP contribution in [0.1, 0.15) is 20.1 Å². The van der Waals surface area contributed by atoms with Crippen molar-refractivity contribution in [3.05, 3.63) is 62.4 Å². The number of carbonyl (C=O) groups excluding carboxylic acids is 1. The first-order valence-electron chi connectivity index (χ1n) is 6.06. The summed E-state index contributed by atoms with van der Waals surface area (Å²) in [4.78, 5) is 20.0. The monoisotopic (exact) mass is 287 g/mol. The summed E-state index contributed by atoms with van der Waals surface area (Å²) in [6, 6.07) is 7.40. The maximum absolute atomic E-state index is 11.9. The van der Waals surface area contributed by atoms with Crippen LogP contribution in [0.15, 0.2) is 41.8 Å². The fourth-order valence-electron chi connectivity index (χ4n) is 1.64. The number of azide groups is 1. The van der Waals surface area contributed by atoms with E-state index in [-0.39, 0.29) is 12.5 Å². The van der Waals surface area contributed by atoms with Gasteiger partial charge in [-0.15, -0.1) is 11.3 Å². The van der Waals surface area contributed by atoms with E-state index in [9.17, 15) is 4.79 Å². The van der Waals surface area contributed by atoms with Crippen molar-refractivity contribution in [2.45, 2.75) is 13.0 Å². The summed E-state index contributed by atoms with van der Waals surface area (Å²) in [7, 11) is 0. The highest BCUT2D eigenvalue weighted by Gasteiger charge is 2.08. The Kier molecular flexibility index (Phi) is 5.11. The van der Waals surface area contributed by atoms with Crippen LogP contribution in [0, 0.1) is 0 Å². The molecule has 1 N–H and O–H groups in total. The van der Waals surface area contributed by atoms with Crippen LogP contribution in [0.5, 0.6) is 0 Å². The lowest BCUT2D eigenvalue weighted by molar-refractivity contribution is 0.0958. The zero-order chi connectivity index (χ0) is 14.2. The number of amides is 1. The smallest absolute Gasteiger partial charge is 0.261 e. The summed E-state index contributed by atoms with van der Waals surface area (Å²) in [5.74, 6) is -0.101. The molecule has 0 aliphatic heterocycles. The molecule has 6 nitrogen and oxygen atoms in total. The topological polar surface area (TPSA) is 90.8 Å². The van der Waals surface area contributed by atoms with Crippen LogP contribution in [0.2, 0.25) is 0 Å². The number of hydrogen-bond acceptors (Lipinski definition) is 4. The van der Waals surface area contributed by atoms with Gasteiger partial charge in [-0.05, 0) is 41.8 Å². The van der Waals surface area contributed by atoms with E-state index in [1.54, 1.807) is 24.5 Å². The Morgan fingerprint density at radius 3 is 2.90 bits per heavy atom. The predicted octanol–water partition coefficient (Wildman–Crippen LogP) is 2.93. The Morgan fingerprint density at radius 2 is 2.15 bits per heavy atom. The minimum atomic E-state index is -0.101. The van der Waals surface area contributed by atoms with Gasteiger partial charge in [0.05, 0.1) is 11.4 Å². The number of rotatable bonds is 6. The van der Waals surface area contributed by atoms with Crippen molar-refractivity contribution >= 4 is 17.2 Å². The van der Waals surface area contributed by atoms with Crippen molar-refractivity contribution in [2.24, 2.45) is 5.11 Å². The lowest BCUT2D eigenvalue weighted by atomic mass is 10.2. The van der Waals surface area contributed by atoms with Crippen LogP contribution in [0.3, 0.4) is 0 Å². The van der Waals surface area contributed by atoms with Gasteiger partial charge in [-0.1, -0.05) is 5.11 Å². The Bertz CT molecular complexity index is 619. The molecule has 7 heteroatoms. The molecule has 1 amide bonds. The molecule has 0 atom stereocenters. The number of hydrogen-bond donors (Lipinski definition) is 1. The van der Waals surface area contributed by atoms with E-state index in [2.05, 4.69) is 20.3 Å². The van der Waals surface area contributed by atoms with Gasteiger partial charge in [0.2, 0.25) is 0 Å². The van der Waals surface area contributed by atoms with Crippen LogP contribution in [-0.2, 0) is 13.0 Å². The molecule has 0 aromatic carbocycles. The van der Waals surface area contributed by atoms with Gasteiger partial charge >= 0.3 is 0 Å². The Morgan fingerprint density at radius 1 is 1.35 bits per heavy atom. The van der Waals surface area contributed by atoms with Gasteiger partial charge in [-0.3, -0.25) is 9.78 Å². The van der Waals surface area contributed by atoms with Crippen LogP contribution in [-0.4, -0.2) is 17.4 Å². The average molecular weight is 287 g/mol. The molecule has 2 aromatic rings. The summed E-state index contributed by atoms with van der Waals surface area (Å²) in [5.41, 5.74) is 9.38. The van der Waals surface area contributed by atoms with E-state index in [1.807, 2.05) is 12.1 Å². The molecular formula is C13H13N5OS. The van der Waals surface area contributed by atoms with E-state index in [0.717, 1.165) is 16.9 Å². The predicted molar refractivity (Wildman–Crippen MR) is 77.4 cm³/mol. The first kappa shape index (κ1) is 14.0. The second kappa shape index (κ2) is 7.28. The van der Waals surface area contributed by atoms with Crippen molar-refractivity contribution in [3.8, 4) is 0 Å². The summed E-state index contributed by atoms with van der Waals surface area (Å²) >= 11 is 1.34. The van der Waals surface area contributed by atoms with Gasteiger partial charge in [-0.25, -0.2) is 0 Å². The molecule has 0 fully saturated rings. The number of thiophene rings is 1. The lowest BCUT2D eigenvalue weighted by Crippen LogP contribution is -2.24. The summed E-state index contributed by atoms with van der Waals surface area (Å²) in [5, 5.41) is 6.33. The van der Waals surface area contributed by atoms with Gasteiger partial charge in [-0.2, -0.15) is 0 Å². The van der Waals surface area contributed by atoms with Crippen molar-refractivity contribution in [1.82, 2.24) is 10.3 Å². The van der Waals surface area contributed by atoms with Gasteiger partial charge in [0.15, 0.2) is 0 Å². The van der Waals surface area contributed by atoms with E-state index < -0.39 is 0 Å². The Balaban J connectivity index is 1.82. The first-order chi connectivity index (χ1) is 9.79. The fraction of sp³-hybridized carbons (Fsp3) is 0.231. The molecular weight excluding hydrogens is 274 g/mol. The second-order valence-corrected chi connectivity index (χ2v) is 5.18. The fourth-order valence-corrected chi connectivity index (χ4v) is 2.48. The molecule has 2 aromatic heterocycles. The maximum atomic E-state index is 11.9. The zero-order valence-electron chi connectivity index (χ0n) is 10.7. The highest BCUT2D eigenvalue weighted by molar-refractivity contribution is 7.14. The minimum absolute atomic E-state index is 0.101. The molecule has 0 bridgehead atoms. The van der Waals surface area contributed by atoms with E-state index >= 15 is 0 Å². The molecule has 0 spiro atoms. The quantitative estimate of drug-likeness (QED) is 0.502. The highest BCUT2D eigenvalue weighted by atomic mass is 32.1. The Hall–Kier alpha value is -2.37. The van der Waals surface area contributed by atoms with Crippen LogP contribution >= 0.6 is 11.3 Å². The Labute approximate surface area is 120 Å². The largest absolute Gasteiger partial charge is 0.351 e. The minimum Gasteiger partial charge on any atom is -0.351 e. The second-order valence-electron chi connectivity index (χ2n) is 4.02. The lowest BCUT2D eigenvalue weighted by Gasteiger charge is -2.03. The molecule has 0 saturated carbocycles. The average Bonchev–Trinajstić information content (AvgIpc) is 2.95. The number of carbonyl (C=O) groups is 1. The molecule has 0 saturated heterocycles. The SMILES string of the molecule is [N-]=[N+]=NCc1ccc(C(=O)NCCc2ccncc2)s1. The molecule has 102 valence electrons. The van der Waals surface area contributed by atoms with Gasteiger partial charge < -0.3 is 5.32 Å². The normalized spacial score (nSPS) is 9.80. The van der Waals surface area contributed by atoms with E-state index in [4.69, 9.17) is 5.53 Å². The highest BCUT2D eigenvalue weighted by Crippen LogP contribution is 2.17. The molecule has 2 rings (SSSR count). The standard InChI is InChI=1S/C13H13N5OS/c14-18-17-9-11-1-2-12(20-11)13(19)16-8-5-10-3-6-15-7-4-10/h1-4,6-7H,5,8-9H2,(H,16,19). The molecule has 0 unspecified atom stereocenters. The van der Waals surface area contributed by atoms with E-state index in [0.29, 0.717) is 11.4 Å².